The minimum Gasteiger partial charge on any atom is -0.277 e. The van der Waals surface area contributed by atoms with E-state index in [1.165, 1.54) is 7.11 Å². The van der Waals surface area contributed by atoms with E-state index in [0.717, 1.165) is 10.1 Å². The smallest absolute Gasteiger partial charge is 0.276 e. The van der Waals surface area contributed by atoms with Gasteiger partial charge in [0, 0.05) is 15.5 Å². The lowest BCUT2D eigenvalue weighted by Gasteiger charge is -1.99. The summed E-state index contributed by atoms with van der Waals surface area (Å²) in [5.74, 6) is -0.204. The molecule has 0 aliphatic carbocycles. The van der Waals surface area contributed by atoms with Gasteiger partial charge in [0.2, 0.25) is 0 Å². The van der Waals surface area contributed by atoms with Gasteiger partial charge < -0.3 is 0 Å². The van der Waals surface area contributed by atoms with Crippen LogP contribution in [0.5, 0.6) is 0 Å². The van der Waals surface area contributed by atoms with Gasteiger partial charge in [-0.15, -0.1) is 11.3 Å². The van der Waals surface area contributed by atoms with Crippen molar-refractivity contribution in [3.63, 3.8) is 0 Å². The maximum absolute atomic E-state index is 11.5. The maximum atomic E-state index is 11.5. The van der Waals surface area contributed by atoms with Gasteiger partial charge in [0.05, 0.1) is 12.7 Å². The number of benzene rings is 1. The number of nitrogens with one attached hydrogen (secondary N) is 1. The van der Waals surface area contributed by atoms with Crippen molar-refractivity contribution in [2.45, 2.75) is 0 Å². The molecule has 0 saturated carbocycles. The lowest BCUT2D eigenvalue weighted by Crippen LogP contribution is -2.21. The van der Waals surface area contributed by atoms with Gasteiger partial charge >= 0.3 is 0 Å². The summed E-state index contributed by atoms with van der Waals surface area (Å²) < 4.78 is 1.11. The van der Waals surface area contributed by atoms with Crippen molar-refractivity contribution >= 4 is 27.3 Å². The number of amides is 1. The molecule has 0 atom stereocenters. The zero-order chi connectivity index (χ0) is 9.97. The number of fused-ring (bicyclic) bond motifs is 1. The molecule has 3 nitrogen and oxygen atoms in total. The number of carbonyl (C=O) groups is 1. The fourth-order valence-corrected chi connectivity index (χ4v) is 2.24. The van der Waals surface area contributed by atoms with Gasteiger partial charge in [0.15, 0.2) is 0 Å². The molecular formula is C10H9NO2S. The minimum absolute atomic E-state index is 0.204. The highest BCUT2D eigenvalue weighted by atomic mass is 32.1. The highest BCUT2D eigenvalue weighted by Gasteiger charge is 2.10. The average Bonchev–Trinajstić information content (AvgIpc) is 2.61. The van der Waals surface area contributed by atoms with Gasteiger partial charge in [-0.05, 0) is 6.07 Å². The molecule has 0 spiro atoms. The summed E-state index contributed by atoms with van der Waals surface area (Å²) in [6.07, 6.45) is 0. The largest absolute Gasteiger partial charge is 0.277 e. The molecule has 1 heterocycles. The molecular weight excluding hydrogens is 198 g/mol. The summed E-state index contributed by atoms with van der Waals surface area (Å²) in [6.45, 7) is 0. The summed E-state index contributed by atoms with van der Waals surface area (Å²) in [7, 11) is 1.42. The monoisotopic (exact) mass is 207 g/mol. The first kappa shape index (κ1) is 9.18. The molecule has 0 aliphatic rings. The van der Waals surface area contributed by atoms with Crippen molar-refractivity contribution in [2.24, 2.45) is 0 Å². The number of hydroxylamine groups is 1. The van der Waals surface area contributed by atoms with Gasteiger partial charge in [-0.1, -0.05) is 18.2 Å². The lowest BCUT2D eigenvalue weighted by molar-refractivity contribution is 0.0540. The number of thiophene rings is 1. The molecule has 2 rings (SSSR count). The Balaban J connectivity index is 2.47. The third kappa shape index (κ3) is 1.49. The van der Waals surface area contributed by atoms with Crippen LogP contribution in [0.1, 0.15) is 10.4 Å². The topological polar surface area (TPSA) is 38.3 Å². The van der Waals surface area contributed by atoms with Crippen molar-refractivity contribution in [3.05, 3.63) is 35.2 Å². The maximum Gasteiger partial charge on any atom is 0.276 e. The SMILES string of the molecule is CONC(=O)c1csc2ccccc12. The average molecular weight is 207 g/mol. The molecule has 72 valence electrons. The first-order chi connectivity index (χ1) is 6.83. The molecule has 1 amide bonds. The van der Waals surface area contributed by atoms with Crippen LogP contribution in [0.2, 0.25) is 0 Å². The summed E-state index contributed by atoms with van der Waals surface area (Å²) in [5.41, 5.74) is 2.97. The molecule has 1 N–H and O–H groups in total. The molecule has 2 aromatic rings. The Hall–Kier alpha value is -1.39. The third-order valence-corrected chi connectivity index (χ3v) is 2.88. The standard InChI is InChI=1S/C10H9NO2S/c1-13-11-10(12)8-6-14-9-5-3-2-4-7(8)9/h2-6H,1H3,(H,11,12). The van der Waals surface area contributed by atoms with Gasteiger partial charge in [-0.2, -0.15) is 0 Å². The highest BCUT2D eigenvalue weighted by Crippen LogP contribution is 2.25. The number of rotatable bonds is 2. The van der Waals surface area contributed by atoms with E-state index in [2.05, 4.69) is 10.3 Å². The van der Waals surface area contributed by atoms with Crippen LogP contribution in [0.4, 0.5) is 0 Å². The molecule has 14 heavy (non-hydrogen) atoms. The Kier molecular flexibility index (Phi) is 2.47. The Morgan fingerprint density at radius 3 is 3.00 bits per heavy atom. The molecule has 0 unspecified atom stereocenters. The number of hydrogen-bond acceptors (Lipinski definition) is 3. The quantitative estimate of drug-likeness (QED) is 0.766. The number of hydrogen-bond donors (Lipinski definition) is 1. The van der Waals surface area contributed by atoms with Crippen LogP contribution < -0.4 is 5.48 Å². The van der Waals surface area contributed by atoms with E-state index >= 15 is 0 Å². The van der Waals surface area contributed by atoms with Gasteiger partial charge in [0.1, 0.15) is 0 Å². The van der Waals surface area contributed by atoms with Crippen LogP contribution in [-0.4, -0.2) is 13.0 Å². The van der Waals surface area contributed by atoms with E-state index < -0.39 is 0 Å². The second-order valence-corrected chi connectivity index (χ2v) is 3.69. The molecule has 4 heteroatoms. The molecule has 0 bridgehead atoms. The Bertz CT molecular complexity index is 464. The first-order valence-electron chi connectivity index (χ1n) is 4.12. The van der Waals surface area contributed by atoms with Crippen LogP contribution in [-0.2, 0) is 4.84 Å². The summed E-state index contributed by atoms with van der Waals surface area (Å²) in [4.78, 5) is 16.1. The number of carbonyl (C=O) groups excluding carboxylic acids is 1. The van der Waals surface area contributed by atoms with Crippen LogP contribution in [0.15, 0.2) is 29.6 Å². The van der Waals surface area contributed by atoms with E-state index in [-0.39, 0.29) is 5.91 Å². The van der Waals surface area contributed by atoms with E-state index in [0.29, 0.717) is 5.56 Å². The van der Waals surface area contributed by atoms with Crippen LogP contribution in [0.3, 0.4) is 0 Å². The second kappa shape index (κ2) is 3.77. The highest BCUT2D eigenvalue weighted by molar-refractivity contribution is 7.17. The summed E-state index contributed by atoms with van der Waals surface area (Å²) >= 11 is 1.55. The van der Waals surface area contributed by atoms with Crippen molar-refractivity contribution in [2.75, 3.05) is 7.11 Å². The molecule has 0 fully saturated rings. The van der Waals surface area contributed by atoms with Crippen LogP contribution in [0.25, 0.3) is 10.1 Å². The van der Waals surface area contributed by atoms with Crippen molar-refractivity contribution in [3.8, 4) is 0 Å². The summed E-state index contributed by atoms with van der Waals surface area (Å²) in [6, 6.07) is 7.79. The zero-order valence-electron chi connectivity index (χ0n) is 7.61. The molecule has 0 saturated heterocycles. The predicted octanol–water partition coefficient (Wildman–Crippen LogP) is 2.19. The van der Waals surface area contributed by atoms with Crippen LogP contribution >= 0.6 is 11.3 Å². The Morgan fingerprint density at radius 1 is 1.43 bits per heavy atom. The molecule has 1 aromatic heterocycles. The molecule has 1 aromatic carbocycles. The fourth-order valence-electron chi connectivity index (χ4n) is 1.30. The van der Waals surface area contributed by atoms with E-state index in [1.807, 2.05) is 29.6 Å². The van der Waals surface area contributed by atoms with Gasteiger partial charge in [0.25, 0.3) is 5.91 Å². The Morgan fingerprint density at radius 2 is 2.21 bits per heavy atom. The van der Waals surface area contributed by atoms with E-state index in [4.69, 9.17) is 0 Å². The molecule has 0 radical (unpaired) electrons. The van der Waals surface area contributed by atoms with E-state index in [1.54, 1.807) is 11.3 Å². The summed E-state index contributed by atoms with van der Waals surface area (Å²) in [5, 5.41) is 2.80. The minimum atomic E-state index is -0.204. The van der Waals surface area contributed by atoms with Gasteiger partial charge in [-0.25, -0.2) is 5.48 Å². The first-order valence-corrected chi connectivity index (χ1v) is 5.00. The zero-order valence-corrected chi connectivity index (χ0v) is 8.43. The Labute approximate surface area is 85.3 Å². The third-order valence-electron chi connectivity index (χ3n) is 1.92. The van der Waals surface area contributed by atoms with Crippen molar-refractivity contribution < 1.29 is 9.63 Å². The van der Waals surface area contributed by atoms with Crippen molar-refractivity contribution in [1.29, 1.82) is 0 Å². The predicted molar refractivity (Wildman–Crippen MR) is 56.3 cm³/mol. The fraction of sp³-hybridized carbons (Fsp3) is 0.100. The lowest BCUT2D eigenvalue weighted by atomic mass is 10.2. The van der Waals surface area contributed by atoms with Gasteiger partial charge in [-0.3, -0.25) is 9.63 Å². The van der Waals surface area contributed by atoms with E-state index in [9.17, 15) is 4.79 Å². The molecule has 0 aliphatic heterocycles. The van der Waals surface area contributed by atoms with Crippen LogP contribution in [0, 0.1) is 0 Å². The second-order valence-electron chi connectivity index (χ2n) is 2.78. The normalized spacial score (nSPS) is 10.4. The van der Waals surface area contributed by atoms with Crippen molar-refractivity contribution in [1.82, 2.24) is 5.48 Å².